The van der Waals surface area contributed by atoms with Crippen molar-refractivity contribution >= 4 is 23.2 Å². The molecule has 0 aliphatic heterocycles. The Morgan fingerprint density at radius 3 is 2.30 bits per heavy atom. The number of nitrogens with one attached hydrogen (secondary N) is 1. The molecular formula is C16H22N2O2. The minimum Gasteiger partial charge on any atom is -0.326 e. The lowest BCUT2D eigenvalue weighted by atomic mass is 10.1. The van der Waals surface area contributed by atoms with Crippen molar-refractivity contribution in [2.24, 2.45) is 5.92 Å². The second-order valence-corrected chi connectivity index (χ2v) is 5.82. The Morgan fingerprint density at radius 2 is 1.85 bits per heavy atom. The van der Waals surface area contributed by atoms with Crippen molar-refractivity contribution < 1.29 is 9.59 Å². The molecule has 1 aromatic rings. The highest BCUT2D eigenvalue weighted by Gasteiger charge is 2.33. The van der Waals surface area contributed by atoms with E-state index in [1.807, 2.05) is 29.2 Å². The van der Waals surface area contributed by atoms with E-state index in [4.69, 9.17) is 0 Å². The highest BCUT2D eigenvalue weighted by Crippen LogP contribution is 2.33. The highest BCUT2D eigenvalue weighted by molar-refractivity contribution is 5.95. The van der Waals surface area contributed by atoms with Crippen molar-refractivity contribution in [1.82, 2.24) is 0 Å². The summed E-state index contributed by atoms with van der Waals surface area (Å²) in [4.78, 5) is 25.3. The molecule has 0 radical (unpaired) electrons. The third-order valence-corrected chi connectivity index (χ3v) is 3.23. The average molecular weight is 274 g/mol. The van der Waals surface area contributed by atoms with Crippen LogP contribution < -0.4 is 10.2 Å². The molecule has 20 heavy (non-hydrogen) atoms. The Kier molecular flexibility index (Phi) is 4.42. The molecule has 1 fully saturated rings. The molecule has 1 aliphatic rings. The minimum absolute atomic E-state index is 0.0901. The first-order valence-corrected chi connectivity index (χ1v) is 7.17. The molecule has 4 nitrogen and oxygen atoms in total. The van der Waals surface area contributed by atoms with Gasteiger partial charge in [0, 0.05) is 30.8 Å². The highest BCUT2D eigenvalue weighted by atomic mass is 16.2. The maximum absolute atomic E-state index is 12.4. The van der Waals surface area contributed by atoms with Crippen LogP contribution in [0.1, 0.15) is 40.0 Å². The third-order valence-electron chi connectivity index (χ3n) is 3.23. The van der Waals surface area contributed by atoms with Crippen molar-refractivity contribution in [3.05, 3.63) is 24.3 Å². The Morgan fingerprint density at radius 1 is 1.25 bits per heavy atom. The summed E-state index contributed by atoms with van der Waals surface area (Å²) in [5, 5.41) is 2.73. The van der Waals surface area contributed by atoms with Gasteiger partial charge in [-0.2, -0.15) is 0 Å². The molecule has 0 bridgehead atoms. The fourth-order valence-electron chi connectivity index (χ4n) is 2.25. The Balaban J connectivity index is 2.13. The molecule has 0 unspecified atom stereocenters. The molecule has 1 aromatic carbocycles. The van der Waals surface area contributed by atoms with Crippen molar-refractivity contribution in [2.75, 3.05) is 10.2 Å². The fraction of sp³-hybridized carbons (Fsp3) is 0.500. The normalized spacial score (nSPS) is 14.2. The van der Waals surface area contributed by atoms with Crippen LogP contribution in [0.25, 0.3) is 0 Å². The lowest BCUT2D eigenvalue weighted by Gasteiger charge is -2.23. The molecular weight excluding hydrogens is 252 g/mol. The first-order chi connectivity index (χ1) is 9.47. The van der Waals surface area contributed by atoms with Crippen molar-refractivity contribution in [3.8, 4) is 0 Å². The zero-order chi connectivity index (χ0) is 14.7. The van der Waals surface area contributed by atoms with E-state index in [1.165, 1.54) is 6.92 Å². The van der Waals surface area contributed by atoms with E-state index in [9.17, 15) is 9.59 Å². The third kappa shape index (κ3) is 3.83. The molecule has 4 heteroatoms. The molecule has 0 atom stereocenters. The molecule has 2 amide bonds. The molecule has 108 valence electrons. The number of rotatable bonds is 5. The first-order valence-electron chi connectivity index (χ1n) is 7.17. The van der Waals surface area contributed by atoms with E-state index in [-0.39, 0.29) is 11.8 Å². The van der Waals surface area contributed by atoms with Gasteiger partial charge in [-0.05, 0) is 43.0 Å². The van der Waals surface area contributed by atoms with Gasteiger partial charge in [0.25, 0.3) is 0 Å². The molecule has 1 aliphatic carbocycles. The summed E-state index contributed by atoms with van der Waals surface area (Å²) in [5.74, 6) is 0.463. The zero-order valence-corrected chi connectivity index (χ0v) is 12.3. The standard InChI is InChI=1S/C16H22N2O2/c1-11(2)10-16(20)18(15-8-9-15)14-6-4-13(5-7-14)17-12(3)19/h4-7,11,15H,8-10H2,1-3H3,(H,17,19). The SMILES string of the molecule is CC(=O)Nc1ccc(N(C(=O)CC(C)C)C2CC2)cc1. The molecule has 0 aromatic heterocycles. The topological polar surface area (TPSA) is 49.4 Å². The van der Waals surface area contributed by atoms with Gasteiger partial charge in [0.15, 0.2) is 0 Å². The largest absolute Gasteiger partial charge is 0.326 e. The number of amides is 2. The summed E-state index contributed by atoms with van der Waals surface area (Å²) in [6.07, 6.45) is 2.73. The fourth-order valence-corrected chi connectivity index (χ4v) is 2.25. The molecule has 0 spiro atoms. The monoisotopic (exact) mass is 274 g/mol. The summed E-state index contributed by atoms with van der Waals surface area (Å²) >= 11 is 0. The van der Waals surface area contributed by atoms with Crippen LogP contribution in [0.5, 0.6) is 0 Å². The van der Waals surface area contributed by atoms with E-state index in [1.54, 1.807) is 0 Å². The van der Waals surface area contributed by atoms with Gasteiger partial charge in [0.2, 0.25) is 11.8 Å². The summed E-state index contributed by atoms with van der Waals surface area (Å²) in [5.41, 5.74) is 1.68. The summed E-state index contributed by atoms with van der Waals surface area (Å²) in [7, 11) is 0. The smallest absolute Gasteiger partial charge is 0.227 e. The number of nitrogens with zero attached hydrogens (tertiary/aromatic N) is 1. The second kappa shape index (κ2) is 6.07. The van der Waals surface area contributed by atoms with E-state index >= 15 is 0 Å². The van der Waals surface area contributed by atoms with Crippen LogP contribution >= 0.6 is 0 Å². The molecule has 1 saturated carbocycles. The van der Waals surface area contributed by atoms with Gasteiger partial charge in [-0.15, -0.1) is 0 Å². The van der Waals surface area contributed by atoms with E-state index in [2.05, 4.69) is 19.2 Å². The van der Waals surface area contributed by atoms with Crippen LogP contribution in [-0.2, 0) is 9.59 Å². The number of anilines is 2. The van der Waals surface area contributed by atoms with Crippen LogP contribution in [0, 0.1) is 5.92 Å². The van der Waals surface area contributed by atoms with Crippen LogP contribution in [-0.4, -0.2) is 17.9 Å². The van der Waals surface area contributed by atoms with Crippen LogP contribution in [0.4, 0.5) is 11.4 Å². The van der Waals surface area contributed by atoms with E-state index in [0.29, 0.717) is 18.4 Å². The Hall–Kier alpha value is -1.84. The van der Waals surface area contributed by atoms with Gasteiger partial charge in [-0.1, -0.05) is 13.8 Å². The van der Waals surface area contributed by atoms with Crippen molar-refractivity contribution in [1.29, 1.82) is 0 Å². The van der Waals surface area contributed by atoms with E-state index < -0.39 is 0 Å². The molecule has 1 N–H and O–H groups in total. The second-order valence-electron chi connectivity index (χ2n) is 5.82. The van der Waals surface area contributed by atoms with Crippen LogP contribution in [0.3, 0.4) is 0 Å². The lowest BCUT2D eigenvalue weighted by Crippen LogP contribution is -2.33. The predicted molar refractivity (Wildman–Crippen MR) is 80.7 cm³/mol. The molecule has 0 saturated heterocycles. The maximum Gasteiger partial charge on any atom is 0.227 e. The van der Waals surface area contributed by atoms with Gasteiger partial charge in [0.1, 0.15) is 0 Å². The van der Waals surface area contributed by atoms with Gasteiger partial charge in [0.05, 0.1) is 0 Å². The number of carbonyl (C=O) groups is 2. The van der Waals surface area contributed by atoms with Gasteiger partial charge in [-0.3, -0.25) is 9.59 Å². The number of carbonyl (C=O) groups excluding carboxylic acids is 2. The number of benzene rings is 1. The lowest BCUT2D eigenvalue weighted by molar-refractivity contribution is -0.119. The predicted octanol–water partition coefficient (Wildman–Crippen LogP) is 3.19. The van der Waals surface area contributed by atoms with Gasteiger partial charge < -0.3 is 10.2 Å². The molecule has 2 rings (SSSR count). The van der Waals surface area contributed by atoms with Gasteiger partial charge >= 0.3 is 0 Å². The van der Waals surface area contributed by atoms with Gasteiger partial charge in [-0.25, -0.2) is 0 Å². The number of hydrogen-bond donors (Lipinski definition) is 1. The minimum atomic E-state index is -0.0901. The first kappa shape index (κ1) is 14.6. The van der Waals surface area contributed by atoms with Crippen LogP contribution in [0.2, 0.25) is 0 Å². The van der Waals surface area contributed by atoms with Crippen molar-refractivity contribution in [3.63, 3.8) is 0 Å². The summed E-state index contributed by atoms with van der Waals surface area (Å²) < 4.78 is 0. The average Bonchev–Trinajstić information content (AvgIpc) is 3.14. The Labute approximate surface area is 120 Å². The zero-order valence-electron chi connectivity index (χ0n) is 12.3. The quantitative estimate of drug-likeness (QED) is 0.896. The maximum atomic E-state index is 12.4. The Bertz CT molecular complexity index is 490. The summed E-state index contributed by atoms with van der Waals surface area (Å²) in [6.45, 7) is 5.60. The summed E-state index contributed by atoms with van der Waals surface area (Å²) in [6, 6.07) is 7.85. The van der Waals surface area contributed by atoms with Crippen LogP contribution in [0.15, 0.2) is 24.3 Å². The van der Waals surface area contributed by atoms with E-state index in [0.717, 1.165) is 24.2 Å². The molecule has 0 heterocycles. The van der Waals surface area contributed by atoms with Crippen molar-refractivity contribution in [2.45, 2.75) is 46.1 Å². The number of hydrogen-bond acceptors (Lipinski definition) is 2.